The number of hydrogen-bond donors (Lipinski definition) is 0. The minimum atomic E-state index is -0.525. The number of halogens is 2. The van der Waals surface area contributed by atoms with Crippen molar-refractivity contribution in [2.24, 2.45) is 14.1 Å². The monoisotopic (exact) mass is 466 g/mol. The van der Waals surface area contributed by atoms with E-state index in [0.29, 0.717) is 28.5 Å². The lowest BCUT2D eigenvalue weighted by atomic mass is 9.93. The third-order valence-corrected chi connectivity index (χ3v) is 6.63. The van der Waals surface area contributed by atoms with Crippen LogP contribution < -0.4 is 10.5 Å². The Morgan fingerprint density at radius 3 is 2.73 bits per heavy atom. The van der Waals surface area contributed by atoms with Gasteiger partial charge in [0.25, 0.3) is 5.56 Å². The predicted molar refractivity (Wildman–Crippen MR) is 127 cm³/mol. The first-order valence-corrected chi connectivity index (χ1v) is 11.3. The van der Waals surface area contributed by atoms with Crippen LogP contribution in [0.2, 0.25) is 5.02 Å². The number of fused-ring (bicyclic) bond motifs is 1. The zero-order valence-electron chi connectivity index (χ0n) is 18.7. The maximum atomic E-state index is 15.0. The summed E-state index contributed by atoms with van der Waals surface area (Å²) in [5.74, 6) is 1.06. The van der Waals surface area contributed by atoms with Crippen LogP contribution in [0.4, 0.5) is 10.2 Å². The molecular formula is C24H24ClFN6O. The molecule has 1 atom stereocenters. The fourth-order valence-electron chi connectivity index (χ4n) is 4.53. The van der Waals surface area contributed by atoms with E-state index in [-0.39, 0.29) is 21.8 Å². The largest absolute Gasteiger partial charge is 0.356 e. The average Bonchev–Trinajstić information content (AvgIpc) is 3.23. The van der Waals surface area contributed by atoms with E-state index in [2.05, 4.69) is 15.0 Å². The minimum absolute atomic E-state index is 0.231. The summed E-state index contributed by atoms with van der Waals surface area (Å²) in [5.41, 5.74) is 1.96. The number of aryl methyl sites for hydroxylation is 2. The zero-order chi connectivity index (χ0) is 23.3. The molecule has 7 nitrogen and oxygen atoms in total. The summed E-state index contributed by atoms with van der Waals surface area (Å²) in [6, 6.07) is 6.25. The topological polar surface area (TPSA) is 68.8 Å². The Labute approximate surface area is 195 Å². The Morgan fingerprint density at radius 1 is 1.18 bits per heavy atom. The van der Waals surface area contributed by atoms with Crippen LogP contribution >= 0.6 is 11.6 Å². The summed E-state index contributed by atoms with van der Waals surface area (Å²) >= 11 is 5.98. The van der Waals surface area contributed by atoms with Gasteiger partial charge in [-0.3, -0.25) is 14.0 Å². The number of rotatable bonds is 3. The van der Waals surface area contributed by atoms with Gasteiger partial charge in [0.05, 0.1) is 22.8 Å². The smallest absolute Gasteiger partial charge is 0.263 e. The Morgan fingerprint density at radius 2 is 2.00 bits per heavy atom. The summed E-state index contributed by atoms with van der Waals surface area (Å²) in [6.07, 6.45) is 6.01. The van der Waals surface area contributed by atoms with E-state index in [0.717, 1.165) is 25.9 Å². The van der Waals surface area contributed by atoms with Gasteiger partial charge in [-0.1, -0.05) is 11.6 Å². The number of nitrogens with zero attached hydrogens (tertiary/aromatic N) is 6. The van der Waals surface area contributed by atoms with E-state index < -0.39 is 5.82 Å². The van der Waals surface area contributed by atoms with Gasteiger partial charge in [-0.25, -0.2) is 14.4 Å². The van der Waals surface area contributed by atoms with Crippen LogP contribution in [-0.2, 0) is 14.1 Å². The van der Waals surface area contributed by atoms with Gasteiger partial charge < -0.3 is 4.90 Å². The van der Waals surface area contributed by atoms with E-state index in [1.807, 2.05) is 30.2 Å². The molecule has 1 fully saturated rings. The molecule has 0 bridgehead atoms. The molecule has 170 valence electrons. The van der Waals surface area contributed by atoms with Gasteiger partial charge in [-0.05, 0) is 43.5 Å². The van der Waals surface area contributed by atoms with Crippen LogP contribution in [-0.4, -0.2) is 37.4 Å². The van der Waals surface area contributed by atoms with Crippen molar-refractivity contribution in [3.63, 3.8) is 0 Å². The lowest BCUT2D eigenvalue weighted by molar-refractivity contribution is 0.507. The summed E-state index contributed by atoms with van der Waals surface area (Å²) in [4.78, 5) is 24.8. The fourth-order valence-corrected chi connectivity index (χ4v) is 4.69. The molecule has 0 N–H and O–H groups in total. The van der Waals surface area contributed by atoms with Crippen molar-refractivity contribution in [2.75, 3.05) is 18.0 Å². The Bertz CT molecular complexity index is 1430. The SMILES string of the molecule is Cc1nc2cc(N3CCC[C@@H](c4cnn(C)c4)C3)nc(-c3ccc(Cl)cc3F)c2c(=O)n1C. The second-order valence-corrected chi connectivity index (χ2v) is 9.04. The maximum Gasteiger partial charge on any atom is 0.263 e. The van der Waals surface area contributed by atoms with Crippen LogP contribution in [0.25, 0.3) is 22.2 Å². The van der Waals surface area contributed by atoms with Crippen molar-refractivity contribution in [3.05, 3.63) is 69.2 Å². The molecule has 4 heterocycles. The standard InChI is InChI=1S/C24H24ClFN6O/c1-14-28-20-10-21(32-8-4-5-15(13-32)16-11-27-30(2)12-16)29-23(22(20)24(33)31(14)3)18-7-6-17(25)9-19(18)26/h6-7,9-12,15H,4-5,8,13H2,1-3H3/t15-/m1/s1. The van der Waals surface area contributed by atoms with Gasteiger partial charge in [0.2, 0.25) is 0 Å². The normalized spacial score (nSPS) is 16.5. The average molecular weight is 467 g/mol. The predicted octanol–water partition coefficient (Wildman–Crippen LogP) is 4.21. The minimum Gasteiger partial charge on any atom is -0.356 e. The molecule has 0 aliphatic carbocycles. The number of pyridine rings is 1. The highest BCUT2D eigenvalue weighted by Crippen LogP contribution is 2.34. The van der Waals surface area contributed by atoms with E-state index in [9.17, 15) is 9.18 Å². The van der Waals surface area contributed by atoms with Gasteiger partial charge in [-0.2, -0.15) is 5.10 Å². The Kier molecular flexibility index (Phi) is 5.40. The van der Waals surface area contributed by atoms with Gasteiger partial charge in [0.1, 0.15) is 17.5 Å². The highest BCUT2D eigenvalue weighted by atomic mass is 35.5. The van der Waals surface area contributed by atoms with Gasteiger partial charge in [-0.15, -0.1) is 0 Å². The van der Waals surface area contributed by atoms with Crippen molar-refractivity contribution in [1.82, 2.24) is 24.3 Å². The second-order valence-electron chi connectivity index (χ2n) is 8.60. The molecule has 0 unspecified atom stereocenters. The van der Waals surface area contributed by atoms with Crippen molar-refractivity contribution in [3.8, 4) is 11.3 Å². The molecule has 0 spiro atoms. The molecule has 1 saturated heterocycles. The lowest BCUT2D eigenvalue weighted by Gasteiger charge is -2.33. The molecule has 0 saturated carbocycles. The molecule has 9 heteroatoms. The molecule has 1 aliphatic heterocycles. The van der Waals surface area contributed by atoms with E-state index in [1.165, 1.54) is 16.2 Å². The van der Waals surface area contributed by atoms with Crippen LogP contribution in [0, 0.1) is 12.7 Å². The molecule has 0 radical (unpaired) electrons. The lowest BCUT2D eigenvalue weighted by Crippen LogP contribution is -2.35. The molecule has 33 heavy (non-hydrogen) atoms. The first-order valence-electron chi connectivity index (χ1n) is 10.9. The van der Waals surface area contributed by atoms with Crippen molar-refractivity contribution >= 4 is 28.3 Å². The number of anilines is 1. The van der Waals surface area contributed by atoms with Gasteiger partial charge in [0.15, 0.2) is 0 Å². The Balaban J connectivity index is 1.67. The number of piperidine rings is 1. The summed E-state index contributed by atoms with van der Waals surface area (Å²) < 4.78 is 18.2. The first-order chi connectivity index (χ1) is 15.8. The summed E-state index contributed by atoms with van der Waals surface area (Å²) in [7, 11) is 3.57. The highest BCUT2D eigenvalue weighted by Gasteiger charge is 2.26. The molecule has 1 aromatic carbocycles. The molecule has 1 aliphatic rings. The van der Waals surface area contributed by atoms with Crippen LogP contribution in [0.3, 0.4) is 0 Å². The second kappa shape index (κ2) is 8.26. The molecule has 4 aromatic rings. The quantitative estimate of drug-likeness (QED) is 0.452. The van der Waals surface area contributed by atoms with Gasteiger partial charge in [0, 0.05) is 56.0 Å². The van der Waals surface area contributed by atoms with Gasteiger partial charge >= 0.3 is 0 Å². The van der Waals surface area contributed by atoms with Crippen molar-refractivity contribution in [2.45, 2.75) is 25.7 Å². The van der Waals surface area contributed by atoms with E-state index in [1.54, 1.807) is 26.1 Å². The molecule has 0 amide bonds. The fraction of sp³-hybridized carbons (Fsp3) is 0.333. The maximum absolute atomic E-state index is 15.0. The third kappa shape index (κ3) is 3.88. The molecular weight excluding hydrogens is 443 g/mol. The zero-order valence-corrected chi connectivity index (χ0v) is 19.5. The Hall–Kier alpha value is -3.26. The molecule has 3 aromatic heterocycles. The van der Waals surface area contributed by atoms with Crippen LogP contribution in [0.15, 0.2) is 41.5 Å². The van der Waals surface area contributed by atoms with E-state index in [4.69, 9.17) is 16.6 Å². The van der Waals surface area contributed by atoms with Crippen molar-refractivity contribution in [1.29, 1.82) is 0 Å². The van der Waals surface area contributed by atoms with Crippen LogP contribution in [0.5, 0.6) is 0 Å². The number of hydrogen-bond acceptors (Lipinski definition) is 5. The highest BCUT2D eigenvalue weighted by molar-refractivity contribution is 6.30. The van der Waals surface area contributed by atoms with Crippen molar-refractivity contribution < 1.29 is 4.39 Å². The van der Waals surface area contributed by atoms with E-state index >= 15 is 0 Å². The third-order valence-electron chi connectivity index (χ3n) is 6.40. The number of benzene rings is 1. The first kappa shape index (κ1) is 21.6. The molecule has 5 rings (SSSR count). The summed E-state index contributed by atoms with van der Waals surface area (Å²) in [5, 5.41) is 4.90. The number of aromatic nitrogens is 5. The summed E-state index contributed by atoms with van der Waals surface area (Å²) in [6.45, 7) is 3.36. The van der Waals surface area contributed by atoms with Crippen LogP contribution in [0.1, 0.15) is 30.1 Å².